The number of benzene rings is 2. The van der Waals surface area contributed by atoms with Crippen LogP contribution in [0.25, 0.3) is 0 Å². The zero-order valence-electron chi connectivity index (χ0n) is 14.3. The summed E-state index contributed by atoms with van der Waals surface area (Å²) in [6, 6.07) is 15.1. The van der Waals surface area contributed by atoms with Crippen molar-refractivity contribution in [1.82, 2.24) is 4.90 Å². The van der Waals surface area contributed by atoms with Crippen molar-refractivity contribution in [3.05, 3.63) is 70.6 Å². The lowest BCUT2D eigenvalue weighted by Gasteiger charge is -2.12. The van der Waals surface area contributed by atoms with Gasteiger partial charge in [0.05, 0.1) is 4.91 Å². The fourth-order valence-corrected chi connectivity index (χ4v) is 3.27. The first-order chi connectivity index (χ1) is 13.4. The first-order valence-electron chi connectivity index (χ1n) is 8.09. The van der Waals surface area contributed by atoms with E-state index in [-0.39, 0.29) is 4.91 Å². The molecular formula is C19H14ClN3O4S. The second-order valence-corrected chi connectivity index (χ2v) is 7.11. The average molecular weight is 416 g/mol. The van der Waals surface area contributed by atoms with Crippen LogP contribution in [-0.2, 0) is 14.4 Å². The first kappa shape index (κ1) is 19.7. The van der Waals surface area contributed by atoms with Crippen molar-refractivity contribution < 1.29 is 19.2 Å². The van der Waals surface area contributed by atoms with Gasteiger partial charge in [0.1, 0.15) is 6.54 Å². The van der Waals surface area contributed by atoms with Crippen molar-refractivity contribution >= 4 is 57.7 Å². The first-order valence-corrected chi connectivity index (χ1v) is 9.28. The Kier molecular flexibility index (Phi) is 6.13. The molecule has 2 aromatic carbocycles. The fourth-order valence-electron chi connectivity index (χ4n) is 2.33. The van der Waals surface area contributed by atoms with Crippen molar-refractivity contribution in [2.75, 3.05) is 17.2 Å². The van der Waals surface area contributed by atoms with Crippen LogP contribution in [0.15, 0.2) is 65.6 Å². The second kappa shape index (κ2) is 8.73. The Hall–Kier alpha value is -3.10. The van der Waals surface area contributed by atoms with Crippen LogP contribution >= 0.6 is 23.4 Å². The summed E-state index contributed by atoms with van der Waals surface area (Å²) in [5.41, 5.74) is 1.05. The number of carbonyl (C=O) groups excluding carboxylic acids is 4. The van der Waals surface area contributed by atoms with E-state index in [0.29, 0.717) is 28.2 Å². The molecule has 0 bridgehead atoms. The second-order valence-electron chi connectivity index (χ2n) is 5.68. The standard InChI is InChI=1S/C19H14ClN3O4S/c20-12-6-8-14(9-7-12)21-16(24)10-15-18(26)23(19(27)28-15)11-17(25)22-13-4-2-1-3-5-13/h1-10H,11H2,(H,21,24)(H,22,25)/b15-10-. The Labute approximate surface area is 169 Å². The predicted octanol–water partition coefficient (Wildman–Crippen LogP) is 3.50. The molecular weight excluding hydrogens is 402 g/mol. The predicted molar refractivity (Wildman–Crippen MR) is 108 cm³/mol. The summed E-state index contributed by atoms with van der Waals surface area (Å²) in [4.78, 5) is 49.3. The van der Waals surface area contributed by atoms with Gasteiger partial charge in [0, 0.05) is 22.5 Å². The molecule has 0 aliphatic carbocycles. The largest absolute Gasteiger partial charge is 0.325 e. The zero-order chi connectivity index (χ0) is 20.1. The molecule has 3 rings (SSSR count). The van der Waals surface area contributed by atoms with Gasteiger partial charge in [-0.2, -0.15) is 0 Å². The van der Waals surface area contributed by atoms with Crippen LogP contribution in [0, 0.1) is 0 Å². The van der Waals surface area contributed by atoms with Crippen molar-refractivity contribution in [3.8, 4) is 0 Å². The molecule has 2 N–H and O–H groups in total. The average Bonchev–Trinajstić information content (AvgIpc) is 2.92. The number of anilines is 2. The Morgan fingerprint density at radius 1 is 0.964 bits per heavy atom. The molecule has 0 spiro atoms. The summed E-state index contributed by atoms with van der Waals surface area (Å²) in [5, 5.41) is 5.08. The van der Waals surface area contributed by atoms with E-state index in [2.05, 4.69) is 10.6 Å². The molecule has 1 saturated heterocycles. The maximum Gasteiger partial charge on any atom is 0.294 e. The lowest BCUT2D eigenvalue weighted by molar-refractivity contribution is -0.127. The molecule has 2 aromatic rings. The SMILES string of the molecule is O=C(/C=C1\SC(=O)N(CC(=O)Nc2ccccc2)C1=O)Nc1ccc(Cl)cc1. The van der Waals surface area contributed by atoms with Crippen molar-refractivity contribution in [2.45, 2.75) is 0 Å². The Morgan fingerprint density at radius 2 is 1.61 bits per heavy atom. The van der Waals surface area contributed by atoms with Crippen LogP contribution in [0.2, 0.25) is 5.02 Å². The minimum atomic E-state index is -0.690. The number of nitrogens with one attached hydrogen (secondary N) is 2. The van der Waals surface area contributed by atoms with E-state index in [1.807, 2.05) is 0 Å². The van der Waals surface area contributed by atoms with Gasteiger partial charge in [0.2, 0.25) is 11.8 Å². The van der Waals surface area contributed by atoms with Gasteiger partial charge in [-0.1, -0.05) is 29.8 Å². The van der Waals surface area contributed by atoms with E-state index in [0.717, 1.165) is 11.0 Å². The number of para-hydroxylation sites is 1. The number of hydrogen-bond donors (Lipinski definition) is 2. The van der Waals surface area contributed by atoms with Gasteiger partial charge in [0.15, 0.2) is 0 Å². The van der Waals surface area contributed by atoms with Crippen LogP contribution in [-0.4, -0.2) is 34.4 Å². The van der Waals surface area contributed by atoms with Crippen LogP contribution in [0.5, 0.6) is 0 Å². The number of thioether (sulfide) groups is 1. The number of carbonyl (C=O) groups is 4. The highest BCUT2D eigenvalue weighted by atomic mass is 35.5. The maximum atomic E-state index is 12.4. The Bertz CT molecular complexity index is 961. The normalized spacial score (nSPS) is 15.0. The van der Waals surface area contributed by atoms with E-state index < -0.39 is 29.5 Å². The topological polar surface area (TPSA) is 95.6 Å². The highest BCUT2D eigenvalue weighted by Crippen LogP contribution is 2.30. The van der Waals surface area contributed by atoms with Crippen LogP contribution in [0.4, 0.5) is 16.2 Å². The van der Waals surface area contributed by atoms with Gasteiger partial charge in [0.25, 0.3) is 11.1 Å². The summed E-state index contributed by atoms with van der Waals surface area (Å²) in [6.07, 6.45) is 1.04. The fraction of sp³-hybridized carbons (Fsp3) is 0.0526. The minimum Gasteiger partial charge on any atom is -0.325 e. The van der Waals surface area contributed by atoms with E-state index in [1.165, 1.54) is 0 Å². The number of halogens is 1. The number of amides is 4. The number of imide groups is 1. The van der Waals surface area contributed by atoms with Crippen molar-refractivity contribution in [3.63, 3.8) is 0 Å². The van der Waals surface area contributed by atoms with Crippen LogP contribution < -0.4 is 10.6 Å². The molecule has 28 heavy (non-hydrogen) atoms. The molecule has 7 nitrogen and oxygen atoms in total. The van der Waals surface area contributed by atoms with Gasteiger partial charge < -0.3 is 10.6 Å². The quantitative estimate of drug-likeness (QED) is 0.729. The van der Waals surface area contributed by atoms with E-state index >= 15 is 0 Å². The highest BCUT2D eigenvalue weighted by Gasteiger charge is 2.36. The van der Waals surface area contributed by atoms with Crippen LogP contribution in [0.1, 0.15) is 0 Å². The van der Waals surface area contributed by atoms with Crippen molar-refractivity contribution in [2.24, 2.45) is 0 Å². The molecule has 0 radical (unpaired) electrons. The van der Waals surface area contributed by atoms with E-state index in [9.17, 15) is 19.2 Å². The van der Waals surface area contributed by atoms with Crippen molar-refractivity contribution in [1.29, 1.82) is 0 Å². The number of rotatable bonds is 5. The van der Waals surface area contributed by atoms with Gasteiger partial charge in [-0.15, -0.1) is 0 Å². The Balaban J connectivity index is 1.62. The van der Waals surface area contributed by atoms with Gasteiger partial charge in [-0.3, -0.25) is 24.1 Å². The van der Waals surface area contributed by atoms with Gasteiger partial charge in [-0.05, 0) is 48.2 Å². The zero-order valence-corrected chi connectivity index (χ0v) is 15.9. The molecule has 1 fully saturated rings. The molecule has 0 unspecified atom stereocenters. The smallest absolute Gasteiger partial charge is 0.294 e. The lowest BCUT2D eigenvalue weighted by Crippen LogP contribution is -2.36. The van der Waals surface area contributed by atoms with E-state index in [4.69, 9.17) is 11.6 Å². The van der Waals surface area contributed by atoms with Gasteiger partial charge in [-0.25, -0.2) is 0 Å². The number of hydrogen-bond acceptors (Lipinski definition) is 5. The molecule has 9 heteroatoms. The highest BCUT2D eigenvalue weighted by molar-refractivity contribution is 8.18. The molecule has 0 aromatic heterocycles. The van der Waals surface area contributed by atoms with Crippen LogP contribution in [0.3, 0.4) is 0 Å². The maximum absolute atomic E-state index is 12.4. The molecule has 1 heterocycles. The summed E-state index contributed by atoms with van der Waals surface area (Å²) >= 11 is 6.39. The summed E-state index contributed by atoms with van der Waals surface area (Å²) < 4.78 is 0. The lowest BCUT2D eigenvalue weighted by atomic mass is 10.3. The third-order valence-electron chi connectivity index (χ3n) is 3.61. The molecule has 0 saturated carbocycles. The molecule has 1 aliphatic heterocycles. The molecule has 1 aliphatic rings. The molecule has 4 amide bonds. The summed E-state index contributed by atoms with van der Waals surface area (Å²) in [7, 11) is 0. The summed E-state index contributed by atoms with van der Waals surface area (Å²) in [5.74, 6) is -1.77. The minimum absolute atomic E-state index is 0.0519. The third kappa shape index (κ3) is 4.99. The number of nitrogens with zero attached hydrogens (tertiary/aromatic N) is 1. The summed E-state index contributed by atoms with van der Waals surface area (Å²) in [6.45, 7) is -0.435. The Morgan fingerprint density at radius 3 is 2.29 bits per heavy atom. The molecule has 0 atom stereocenters. The van der Waals surface area contributed by atoms with E-state index in [1.54, 1.807) is 54.6 Å². The monoisotopic (exact) mass is 415 g/mol. The van der Waals surface area contributed by atoms with Gasteiger partial charge >= 0.3 is 0 Å². The molecule has 142 valence electrons. The third-order valence-corrected chi connectivity index (χ3v) is 4.77.